The van der Waals surface area contributed by atoms with Crippen LogP contribution >= 0.6 is 0 Å². The van der Waals surface area contributed by atoms with E-state index in [1.807, 2.05) is 13.8 Å². The molecule has 0 aromatic rings. The van der Waals surface area contributed by atoms with E-state index in [9.17, 15) is 9.59 Å². The number of hydrogen-bond acceptors (Lipinski definition) is 4. The van der Waals surface area contributed by atoms with Crippen molar-refractivity contribution in [3.8, 4) is 0 Å². The highest BCUT2D eigenvalue weighted by Gasteiger charge is 2.24. The van der Waals surface area contributed by atoms with E-state index in [1.54, 1.807) is 6.92 Å². The van der Waals surface area contributed by atoms with E-state index in [1.165, 1.54) is 0 Å². The van der Waals surface area contributed by atoms with Crippen molar-refractivity contribution in [3.05, 3.63) is 0 Å². The first-order valence-corrected chi connectivity index (χ1v) is 5.79. The van der Waals surface area contributed by atoms with Gasteiger partial charge in [-0.1, -0.05) is 20.3 Å². The molecular formula is C11H22N2O3. The molecule has 0 bridgehead atoms. The van der Waals surface area contributed by atoms with Gasteiger partial charge in [-0.3, -0.25) is 4.79 Å². The molecule has 1 amide bonds. The molecule has 3 N–H and O–H groups in total. The summed E-state index contributed by atoms with van der Waals surface area (Å²) in [7, 11) is 0. The Hall–Kier alpha value is -1.10. The zero-order valence-corrected chi connectivity index (χ0v) is 10.3. The van der Waals surface area contributed by atoms with Crippen LogP contribution in [0.25, 0.3) is 0 Å². The highest BCUT2D eigenvalue weighted by atomic mass is 16.5. The molecule has 0 saturated heterocycles. The van der Waals surface area contributed by atoms with Crippen LogP contribution < -0.4 is 11.1 Å². The Morgan fingerprint density at radius 2 is 1.94 bits per heavy atom. The Labute approximate surface area is 96.7 Å². The molecule has 0 fully saturated rings. The number of hydrogen-bond donors (Lipinski definition) is 2. The number of esters is 1. The van der Waals surface area contributed by atoms with Gasteiger partial charge in [0.1, 0.15) is 0 Å². The van der Waals surface area contributed by atoms with Crippen molar-refractivity contribution in [3.63, 3.8) is 0 Å². The SMILES string of the molecule is CCCC(CC)NC(=O)C(N)C(=O)OCC. The number of ether oxygens (including phenoxy) is 1. The minimum Gasteiger partial charge on any atom is -0.464 e. The first-order chi connectivity index (χ1) is 7.56. The molecule has 0 spiro atoms. The van der Waals surface area contributed by atoms with Crippen LogP contribution in [0.3, 0.4) is 0 Å². The first kappa shape index (κ1) is 14.9. The summed E-state index contributed by atoms with van der Waals surface area (Å²) in [6.45, 7) is 5.93. The average molecular weight is 230 g/mol. The Kier molecular flexibility index (Phi) is 7.54. The molecule has 5 heteroatoms. The lowest BCUT2D eigenvalue weighted by Gasteiger charge is -2.18. The summed E-state index contributed by atoms with van der Waals surface area (Å²) >= 11 is 0. The Morgan fingerprint density at radius 3 is 2.38 bits per heavy atom. The second-order valence-electron chi connectivity index (χ2n) is 3.63. The minimum atomic E-state index is -1.22. The summed E-state index contributed by atoms with van der Waals surface area (Å²) < 4.78 is 4.68. The summed E-state index contributed by atoms with van der Waals surface area (Å²) in [6.07, 6.45) is 2.69. The van der Waals surface area contributed by atoms with Gasteiger partial charge in [0.2, 0.25) is 5.91 Å². The predicted octanol–water partition coefficient (Wildman–Crippen LogP) is 0.572. The molecule has 0 aliphatic heterocycles. The molecule has 0 aliphatic carbocycles. The number of amides is 1. The second kappa shape index (κ2) is 8.10. The number of nitrogens with one attached hydrogen (secondary N) is 1. The minimum absolute atomic E-state index is 0.0815. The molecule has 2 unspecified atom stereocenters. The van der Waals surface area contributed by atoms with E-state index in [0.29, 0.717) is 0 Å². The van der Waals surface area contributed by atoms with Crippen LogP contribution in [0.2, 0.25) is 0 Å². The van der Waals surface area contributed by atoms with Crippen molar-refractivity contribution >= 4 is 11.9 Å². The van der Waals surface area contributed by atoms with Gasteiger partial charge in [-0.05, 0) is 19.8 Å². The molecule has 0 aromatic heterocycles. The van der Waals surface area contributed by atoms with Gasteiger partial charge in [0.15, 0.2) is 6.04 Å². The van der Waals surface area contributed by atoms with Crippen LogP contribution in [0.4, 0.5) is 0 Å². The fourth-order valence-corrected chi connectivity index (χ4v) is 1.36. The maximum Gasteiger partial charge on any atom is 0.332 e. The highest BCUT2D eigenvalue weighted by molar-refractivity contribution is 6.01. The topological polar surface area (TPSA) is 81.4 Å². The average Bonchev–Trinajstić information content (AvgIpc) is 2.27. The van der Waals surface area contributed by atoms with E-state index >= 15 is 0 Å². The van der Waals surface area contributed by atoms with Crippen LogP contribution in [-0.4, -0.2) is 30.6 Å². The van der Waals surface area contributed by atoms with Crippen LogP contribution in [0.15, 0.2) is 0 Å². The summed E-state index contributed by atoms with van der Waals surface area (Å²) in [6, 6.07) is -1.14. The van der Waals surface area contributed by atoms with Crippen LogP contribution in [0, 0.1) is 0 Å². The largest absolute Gasteiger partial charge is 0.464 e. The monoisotopic (exact) mass is 230 g/mol. The molecule has 0 rings (SSSR count). The van der Waals surface area contributed by atoms with Crippen LogP contribution in [-0.2, 0) is 14.3 Å². The maximum atomic E-state index is 11.6. The number of carbonyl (C=O) groups is 2. The molecule has 0 aliphatic rings. The molecule has 5 nitrogen and oxygen atoms in total. The van der Waals surface area contributed by atoms with E-state index < -0.39 is 17.9 Å². The van der Waals surface area contributed by atoms with Crippen molar-refractivity contribution in [2.75, 3.05) is 6.61 Å². The standard InChI is InChI=1S/C11H22N2O3/c1-4-7-8(5-2)13-10(14)9(12)11(15)16-6-3/h8-9H,4-7,12H2,1-3H3,(H,13,14). The predicted molar refractivity (Wildman–Crippen MR) is 61.7 cm³/mol. The quantitative estimate of drug-likeness (QED) is 0.495. The Morgan fingerprint density at radius 1 is 1.31 bits per heavy atom. The van der Waals surface area contributed by atoms with Crippen molar-refractivity contribution < 1.29 is 14.3 Å². The van der Waals surface area contributed by atoms with Gasteiger partial charge in [-0.2, -0.15) is 0 Å². The molecule has 94 valence electrons. The Bertz CT molecular complexity index is 231. The summed E-state index contributed by atoms with van der Waals surface area (Å²) in [5.41, 5.74) is 5.46. The molecular weight excluding hydrogens is 208 g/mol. The van der Waals surface area contributed by atoms with E-state index in [2.05, 4.69) is 10.1 Å². The summed E-state index contributed by atoms with van der Waals surface area (Å²) in [4.78, 5) is 22.8. The van der Waals surface area contributed by atoms with Crippen molar-refractivity contribution in [2.45, 2.75) is 52.1 Å². The van der Waals surface area contributed by atoms with Gasteiger partial charge in [0, 0.05) is 6.04 Å². The fraction of sp³-hybridized carbons (Fsp3) is 0.818. The molecule has 0 heterocycles. The summed E-state index contributed by atoms with van der Waals surface area (Å²) in [5, 5.41) is 2.74. The van der Waals surface area contributed by atoms with E-state index in [-0.39, 0.29) is 12.6 Å². The van der Waals surface area contributed by atoms with E-state index in [0.717, 1.165) is 19.3 Å². The van der Waals surface area contributed by atoms with Crippen molar-refractivity contribution in [1.82, 2.24) is 5.32 Å². The lowest BCUT2D eigenvalue weighted by atomic mass is 10.1. The summed E-state index contributed by atoms with van der Waals surface area (Å²) in [5.74, 6) is -1.13. The maximum absolute atomic E-state index is 11.6. The fourth-order valence-electron chi connectivity index (χ4n) is 1.36. The number of rotatable bonds is 7. The molecule has 2 atom stereocenters. The zero-order chi connectivity index (χ0) is 12.6. The van der Waals surface area contributed by atoms with Crippen molar-refractivity contribution in [1.29, 1.82) is 0 Å². The molecule has 0 aromatic carbocycles. The zero-order valence-electron chi connectivity index (χ0n) is 10.3. The second-order valence-corrected chi connectivity index (χ2v) is 3.63. The molecule has 16 heavy (non-hydrogen) atoms. The van der Waals surface area contributed by atoms with Gasteiger partial charge >= 0.3 is 5.97 Å². The lowest BCUT2D eigenvalue weighted by molar-refractivity contribution is -0.148. The van der Waals surface area contributed by atoms with Gasteiger partial charge in [0.25, 0.3) is 0 Å². The highest BCUT2D eigenvalue weighted by Crippen LogP contribution is 2.01. The Balaban J connectivity index is 4.17. The molecule has 0 radical (unpaired) electrons. The van der Waals surface area contributed by atoms with Crippen LogP contribution in [0.5, 0.6) is 0 Å². The number of nitrogens with two attached hydrogens (primary N) is 1. The normalized spacial score (nSPS) is 14.0. The van der Waals surface area contributed by atoms with Gasteiger partial charge in [-0.15, -0.1) is 0 Å². The van der Waals surface area contributed by atoms with Crippen molar-refractivity contribution in [2.24, 2.45) is 5.73 Å². The third-order valence-electron chi connectivity index (χ3n) is 2.30. The van der Waals surface area contributed by atoms with Gasteiger partial charge in [0.05, 0.1) is 6.61 Å². The van der Waals surface area contributed by atoms with Gasteiger partial charge in [-0.25, -0.2) is 4.79 Å². The van der Waals surface area contributed by atoms with Crippen LogP contribution in [0.1, 0.15) is 40.0 Å². The molecule has 0 saturated carbocycles. The third kappa shape index (κ3) is 5.11. The third-order valence-corrected chi connectivity index (χ3v) is 2.30. The smallest absolute Gasteiger partial charge is 0.332 e. The van der Waals surface area contributed by atoms with E-state index in [4.69, 9.17) is 5.73 Å². The number of carbonyl (C=O) groups excluding carboxylic acids is 2. The lowest BCUT2D eigenvalue weighted by Crippen LogP contribution is -2.49. The first-order valence-electron chi connectivity index (χ1n) is 5.79. The van der Waals surface area contributed by atoms with Gasteiger partial charge < -0.3 is 15.8 Å².